The van der Waals surface area contributed by atoms with Crippen molar-refractivity contribution in [3.8, 4) is 5.75 Å². The summed E-state index contributed by atoms with van der Waals surface area (Å²) in [5.41, 5.74) is 1.36. The number of nitrogens with one attached hydrogen (secondary N) is 7. The van der Waals surface area contributed by atoms with Crippen molar-refractivity contribution in [1.29, 1.82) is 0 Å². The van der Waals surface area contributed by atoms with Crippen LogP contribution in [0.25, 0.3) is 0 Å². The molecule has 0 aliphatic carbocycles. The Kier molecular flexibility index (Phi) is 14.7. The summed E-state index contributed by atoms with van der Waals surface area (Å²) in [7, 11) is 3.28. The van der Waals surface area contributed by atoms with Gasteiger partial charge in [0.15, 0.2) is 5.03 Å². The molecule has 4 atom stereocenters. The van der Waals surface area contributed by atoms with E-state index >= 15 is 0 Å². The third kappa shape index (κ3) is 12.1. The summed E-state index contributed by atoms with van der Waals surface area (Å²) in [5, 5.41) is 31.8. The summed E-state index contributed by atoms with van der Waals surface area (Å²) < 4.78 is 5.16. The van der Waals surface area contributed by atoms with Crippen LogP contribution in [0.5, 0.6) is 5.75 Å². The van der Waals surface area contributed by atoms with E-state index in [1.807, 2.05) is 0 Å². The smallest absolute Gasteiger partial charge is 0.327 e. The summed E-state index contributed by atoms with van der Waals surface area (Å²) in [6.07, 6.45) is 9.55. The van der Waals surface area contributed by atoms with Crippen molar-refractivity contribution < 1.29 is 38.7 Å². The van der Waals surface area contributed by atoms with Crippen LogP contribution in [0.15, 0.2) is 85.2 Å². The molecule has 4 heterocycles. The molecule has 0 bridgehead atoms. The summed E-state index contributed by atoms with van der Waals surface area (Å²) in [6.45, 7) is 0. The molecule has 8 N–H and O–H groups in total. The van der Waals surface area contributed by atoms with E-state index in [-0.39, 0.29) is 41.3 Å². The number of aromatic amines is 3. The molecule has 0 aliphatic rings. The highest BCUT2D eigenvalue weighted by molar-refractivity contribution is 8.76. The van der Waals surface area contributed by atoms with E-state index in [1.54, 1.807) is 12.1 Å². The highest BCUT2D eigenvalue weighted by atomic mass is 33.1. The molecular weight excluding hydrogens is 785 g/mol. The van der Waals surface area contributed by atoms with Crippen LogP contribution in [0, 0.1) is 10.1 Å². The molecular formula is C34H36N12O9S2. The maximum atomic E-state index is 14.1. The maximum Gasteiger partial charge on any atom is 0.327 e. The zero-order valence-corrected chi connectivity index (χ0v) is 31.5. The van der Waals surface area contributed by atoms with Crippen molar-refractivity contribution in [2.24, 2.45) is 0 Å². The zero-order valence-electron chi connectivity index (χ0n) is 29.9. The van der Waals surface area contributed by atoms with E-state index in [0.29, 0.717) is 22.8 Å². The molecule has 1 aromatic carbocycles. The number of methoxy groups -OCH3 is 1. The summed E-state index contributed by atoms with van der Waals surface area (Å²) >= 11 is 0. The van der Waals surface area contributed by atoms with E-state index in [1.165, 1.54) is 75.1 Å². The Morgan fingerprint density at radius 3 is 1.70 bits per heavy atom. The minimum atomic E-state index is -1.49. The van der Waals surface area contributed by atoms with Crippen LogP contribution in [0.3, 0.4) is 0 Å². The molecule has 0 saturated carbocycles. The molecule has 4 aromatic heterocycles. The number of amides is 4. The van der Waals surface area contributed by atoms with Crippen LogP contribution in [-0.4, -0.2) is 112 Å². The second kappa shape index (κ2) is 20.2. The molecule has 0 fully saturated rings. The van der Waals surface area contributed by atoms with E-state index in [4.69, 9.17) is 4.74 Å². The number of hydrogen-bond donors (Lipinski definition) is 8. The molecule has 21 nitrogen and oxygen atoms in total. The van der Waals surface area contributed by atoms with Crippen molar-refractivity contribution in [2.45, 2.75) is 48.5 Å². The second-order valence-corrected chi connectivity index (χ2v) is 14.4. The fourth-order valence-corrected chi connectivity index (χ4v) is 7.40. The van der Waals surface area contributed by atoms with Gasteiger partial charge in [-0.05, 0) is 41.1 Å². The van der Waals surface area contributed by atoms with Crippen molar-refractivity contribution in [1.82, 2.24) is 56.2 Å². The normalized spacial score (nSPS) is 13.0. The number of pyridine rings is 1. The van der Waals surface area contributed by atoms with Crippen molar-refractivity contribution in [3.05, 3.63) is 113 Å². The quantitative estimate of drug-likeness (QED) is 0.0291. The zero-order chi connectivity index (χ0) is 40.7. The number of carbonyl (C=O) groups is 5. The number of rotatable bonds is 21. The number of benzene rings is 1. The molecule has 0 spiro atoms. The number of imidazole rings is 3. The standard InChI is InChI=1S/C34H36N12O9S2/c1-55-23-6-4-19(5-7-23)29(47)42-24(9-20-12-35-16-39-20)30(48)43-25(10-21-13-36-17-40-21)31(49)44-26(11-22-14-37-18-41-22)32(50)45-27(34(51)52)15-56-57-33-28(46(53)54)3-2-8-38-33/h2-8,12-14,16-18,24-27H,9-11,15H2,1H3,(H,35,39)(H,36,40)(H,37,41)(H,42,47)(H,43,48)(H,44,49)(H,45,50)(H,51,52). The number of aromatic nitrogens is 7. The molecule has 57 heavy (non-hydrogen) atoms. The summed E-state index contributed by atoms with van der Waals surface area (Å²) in [6, 6.07) is 3.47. The van der Waals surface area contributed by atoms with Gasteiger partial charge < -0.3 is 46.1 Å². The average molecular weight is 821 g/mol. The van der Waals surface area contributed by atoms with Gasteiger partial charge in [0.25, 0.3) is 5.91 Å². The first-order chi connectivity index (χ1) is 27.5. The van der Waals surface area contributed by atoms with E-state index in [0.717, 1.165) is 21.6 Å². The highest BCUT2D eigenvalue weighted by Crippen LogP contribution is 2.35. The molecule has 0 aliphatic heterocycles. The molecule has 0 radical (unpaired) electrons. The van der Waals surface area contributed by atoms with E-state index in [2.05, 4.69) is 56.2 Å². The number of carboxylic acids is 1. The van der Waals surface area contributed by atoms with Crippen molar-refractivity contribution in [2.75, 3.05) is 12.9 Å². The molecule has 5 rings (SSSR count). The van der Waals surface area contributed by atoms with Gasteiger partial charge >= 0.3 is 11.7 Å². The highest BCUT2D eigenvalue weighted by Gasteiger charge is 2.33. The van der Waals surface area contributed by atoms with Crippen LogP contribution in [0.4, 0.5) is 5.69 Å². The molecule has 4 unspecified atom stereocenters. The molecule has 5 aromatic rings. The van der Waals surface area contributed by atoms with Crippen molar-refractivity contribution >= 4 is 56.9 Å². The van der Waals surface area contributed by atoms with Gasteiger partial charge in [0.2, 0.25) is 17.7 Å². The molecule has 4 amide bonds. The van der Waals surface area contributed by atoms with Gasteiger partial charge in [0.1, 0.15) is 29.9 Å². The van der Waals surface area contributed by atoms with Gasteiger partial charge in [-0.25, -0.2) is 24.7 Å². The average Bonchev–Trinajstić information content (AvgIpc) is 4.02. The predicted octanol–water partition coefficient (Wildman–Crippen LogP) is 0.974. The van der Waals surface area contributed by atoms with Gasteiger partial charge in [0.05, 0.1) is 31.0 Å². The summed E-state index contributed by atoms with van der Waals surface area (Å²) in [4.78, 5) is 103. The lowest BCUT2D eigenvalue weighted by Gasteiger charge is -2.26. The Morgan fingerprint density at radius 1 is 0.772 bits per heavy atom. The lowest BCUT2D eigenvalue weighted by atomic mass is 10.1. The fourth-order valence-electron chi connectivity index (χ4n) is 5.20. The van der Waals surface area contributed by atoms with Crippen LogP contribution < -0.4 is 26.0 Å². The number of carboxylic acid groups (broad SMARTS) is 1. The number of hydrogen-bond acceptors (Lipinski definition) is 14. The Balaban J connectivity index is 1.32. The number of nitro groups is 1. The largest absolute Gasteiger partial charge is 0.497 e. The van der Waals surface area contributed by atoms with E-state index < -0.39 is 58.7 Å². The van der Waals surface area contributed by atoms with Crippen LogP contribution in [0.1, 0.15) is 27.4 Å². The van der Waals surface area contributed by atoms with Crippen LogP contribution in [-0.2, 0) is 38.4 Å². The first-order valence-corrected chi connectivity index (χ1v) is 19.2. The first kappa shape index (κ1) is 41.4. The monoisotopic (exact) mass is 820 g/mol. The van der Waals surface area contributed by atoms with Crippen molar-refractivity contribution in [3.63, 3.8) is 0 Å². The van der Waals surface area contributed by atoms with Gasteiger partial charge in [-0.1, -0.05) is 10.8 Å². The number of nitrogens with zero attached hydrogens (tertiary/aromatic N) is 5. The van der Waals surface area contributed by atoms with Gasteiger partial charge in [-0.2, -0.15) is 0 Å². The lowest BCUT2D eigenvalue weighted by Crippen LogP contribution is -2.59. The third-order valence-electron chi connectivity index (χ3n) is 8.11. The Hall–Kier alpha value is -6.75. The Bertz CT molecular complexity index is 2120. The fraction of sp³-hybridized carbons (Fsp3) is 0.265. The minimum Gasteiger partial charge on any atom is -0.497 e. The van der Waals surface area contributed by atoms with Gasteiger partial charge in [-0.3, -0.25) is 29.3 Å². The summed E-state index contributed by atoms with van der Waals surface area (Å²) in [5.74, 6) is -4.13. The maximum absolute atomic E-state index is 14.1. The Labute approximate surface area is 330 Å². The number of H-pyrrole nitrogens is 3. The Morgan fingerprint density at radius 2 is 1.26 bits per heavy atom. The number of ether oxygens (including phenoxy) is 1. The number of carbonyl (C=O) groups excluding carboxylic acids is 4. The van der Waals surface area contributed by atoms with Gasteiger partial charge in [0, 0.05) is 78.5 Å². The molecule has 0 saturated heterocycles. The van der Waals surface area contributed by atoms with Gasteiger partial charge in [-0.15, -0.1) is 0 Å². The third-order valence-corrected chi connectivity index (χ3v) is 10.4. The first-order valence-electron chi connectivity index (χ1n) is 16.9. The number of aliphatic carboxylic acids is 1. The second-order valence-electron chi connectivity index (χ2n) is 12.1. The minimum absolute atomic E-state index is 0.0302. The topological polar surface area (TPSA) is 305 Å². The molecule has 298 valence electrons. The molecule has 23 heteroatoms. The predicted molar refractivity (Wildman–Crippen MR) is 204 cm³/mol. The SMILES string of the molecule is COc1ccc(C(=O)NC(Cc2cnc[nH]2)C(=O)NC(Cc2cnc[nH]2)C(=O)NC(Cc2cnc[nH]2)C(=O)NC(CSSc2ncccc2[N+](=O)[O-])C(=O)O)cc1. The van der Waals surface area contributed by atoms with Crippen LogP contribution >= 0.6 is 21.6 Å². The lowest BCUT2D eigenvalue weighted by molar-refractivity contribution is -0.388. The van der Waals surface area contributed by atoms with E-state index in [9.17, 15) is 39.2 Å². The van der Waals surface area contributed by atoms with Crippen LogP contribution in [0.2, 0.25) is 0 Å².